The van der Waals surface area contributed by atoms with E-state index >= 15 is 0 Å². The van der Waals surface area contributed by atoms with E-state index in [1.54, 1.807) is 16.8 Å². The number of benzene rings is 1. The Morgan fingerprint density at radius 1 is 1.20 bits per heavy atom. The highest BCUT2D eigenvalue weighted by Gasteiger charge is 2.24. The molecule has 0 aliphatic carbocycles. The van der Waals surface area contributed by atoms with Gasteiger partial charge < -0.3 is 15.1 Å². The standard InChI is InChI=1S/C15H19N3O2/c1-17-5-2-6-18(10-14(17)19)15(20)11-3-4-12-8-16-9-13(12)7-11/h3-4,7,16H,2,5-6,8-10H2,1H3. The molecule has 1 aromatic rings. The lowest BCUT2D eigenvalue weighted by Gasteiger charge is -2.20. The molecular formula is C15H19N3O2. The van der Waals surface area contributed by atoms with Gasteiger partial charge in [-0.05, 0) is 29.7 Å². The lowest BCUT2D eigenvalue weighted by atomic mass is 10.1. The molecule has 0 aromatic heterocycles. The van der Waals surface area contributed by atoms with Crippen molar-refractivity contribution < 1.29 is 9.59 Å². The zero-order valence-corrected chi connectivity index (χ0v) is 11.7. The molecule has 20 heavy (non-hydrogen) atoms. The van der Waals surface area contributed by atoms with E-state index in [-0.39, 0.29) is 18.4 Å². The minimum Gasteiger partial charge on any atom is -0.344 e. The third kappa shape index (κ3) is 2.41. The van der Waals surface area contributed by atoms with Gasteiger partial charge in [0.25, 0.3) is 5.91 Å². The van der Waals surface area contributed by atoms with Crippen LogP contribution < -0.4 is 5.32 Å². The fraction of sp³-hybridized carbons (Fsp3) is 0.467. The maximum atomic E-state index is 12.5. The van der Waals surface area contributed by atoms with Crippen LogP contribution in [0.15, 0.2) is 18.2 Å². The first-order valence-corrected chi connectivity index (χ1v) is 7.01. The molecule has 2 amide bonds. The van der Waals surface area contributed by atoms with Gasteiger partial charge in [0.1, 0.15) is 6.54 Å². The van der Waals surface area contributed by atoms with Crippen molar-refractivity contribution in [3.63, 3.8) is 0 Å². The minimum atomic E-state index is -0.0386. The Bertz CT molecular complexity index is 556. The Hall–Kier alpha value is -1.88. The van der Waals surface area contributed by atoms with E-state index in [9.17, 15) is 9.59 Å². The molecule has 0 spiro atoms. The van der Waals surface area contributed by atoms with Gasteiger partial charge in [0, 0.05) is 38.8 Å². The Balaban J connectivity index is 1.79. The first-order valence-electron chi connectivity index (χ1n) is 7.01. The average molecular weight is 273 g/mol. The van der Waals surface area contributed by atoms with Gasteiger partial charge >= 0.3 is 0 Å². The summed E-state index contributed by atoms with van der Waals surface area (Å²) in [5.41, 5.74) is 3.13. The smallest absolute Gasteiger partial charge is 0.254 e. The Kier molecular flexibility index (Phi) is 3.44. The third-order valence-corrected chi connectivity index (χ3v) is 4.04. The van der Waals surface area contributed by atoms with E-state index < -0.39 is 0 Å². The average Bonchev–Trinajstić information content (AvgIpc) is 2.85. The molecule has 0 unspecified atom stereocenters. The summed E-state index contributed by atoms with van der Waals surface area (Å²) in [7, 11) is 1.79. The van der Waals surface area contributed by atoms with Gasteiger partial charge in [-0.3, -0.25) is 9.59 Å². The monoisotopic (exact) mass is 273 g/mol. The van der Waals surface area contributed by atoms with Gasteiger partial charge in [-0.25, -0.2) is 0 Å². The van der Waals surface area contributed by atoms with Crippen LogP contribution in [0.2, 0.25) is 0 Å². The number of fused-ring (bicyclic) bond motifs is 1. The highest BCUT2D eigenvalue weighted by Crippen LogP contribution is 2.18. The van der Waals surface area contributed by atoms with Crippen LogP contribution in [-0.4, -0.2) is 48.3 Å². The highest BCUT2D eigenvalue weighted by molar-refractivity contribution is 5.97. The Morgan fingerprint density at radius 2 is 2.00 bits per heavy atom. The van der Waals surface area contributed by atoms with Crippen LogP contribution in [0.3, 0.4) is 0 Å². The Morgan fingerprint density at radius 3 is 2.85 bits per heavy atom. The van der Waals surface area contributed by atoms with Crippen molar-refractivity contribution in [3.8, 4) is 0 Å². The van der Waals surface area contributed by atoms with Crippen molar-refractivity contribution in [1.29, 1.82) is 0 Å². The van der Waals surface area contributed by atoms with Gasteiger partial charge in [-0.2, -0.15) is 0 Å². The van der Waals surface area contributed by atoms with Crippen molar-refractivity contribution in [2.24, 2.45) is 0 Å². The molecule has 2 aliphatic rings. The van der Waals surface area contributed by atoms with Gasteiger partial charge in [0.2, 0.25) is 5.91 Å². The quantitative estimate of drug-likeness (QED) is 0.815. The first-order chi connectivity index (χ1) is 9.65. The second-order valence-electron chi connectivity index (χ2n) is 5.48. The zero-order chi connectivity index (χ0) is 14.1. The van der Waals surface area contributed by atoms with Gasteiger partial charge in [-0.15, -0.1) is 0 Å². The van der Waals surface area contributed by atoms with Crippen molar-refractivity contribution in [2.45, 2.75) is 19.5 Å². The number of amides is 2. The van der Waals surface area contributed by atoms with E-state index in [1.807, 2.05) is 18.2 Å². The molecule has 106 valence electrons. The van der Waals surface area contributed by atoms with Crippen LogP contribution >= 0.6 is 0 Å². The van der Waals surface area contributed by atoms with Crippen LogP contribution in [-0.2, 0) is 17.9 Å². The number of rotatable bonds is 1. The summed E-state index contributed by atoms with van der Waals surface area (Å²) in [5, 5.41) is 3.27. The van der Waals surface area contributed by atoms with Gasteiger partial charge in [0.15, 0.2) is 0 Å². The molecule has 2 heterocycles. The number of nitrogens with zero attached hydrogens (tertiary/aromatic N) is 2. The van der Waals surface area contributed by atoms with Crippen LogP contribution in [0.1, 0.15) is 27.9 Å². The second-order valence-corrected chi connectivity index (χ2v) is 5.48. The lowest BCUT2D eigenvalue weighted by Crippen LogP contribution is -2.38. The minimum absolute atomic E-state index is 0.0127. The predicted octanol–water partition coefficient (Wildman–Crippen LogP) is 0.594. The normalized spacial score (nSPS) is 18.9. The van der Waals surface area contributed by atoms with E-state index in [4.69, 9.17) is 0 Å². The van der Waals surface area contributed by atoms with Crippen LogP contribution in [0, 0.1) is 0 Å². The summed E-state index contributed by atoms with van der Waals surface area (Å²) in [6, 6.07) is 5.83. The van der Waals surface area contributed by atoms with Gasteiger partial charge in [0.05, 0.1) is 0 Å². The van der Waals surface area contributed by atoms with Crippen LogP contribution in [0.25, 0.3) is 0 Å². The maximum absolute atomic E-state index is 12.5. The number of hydrogen-bond acceptors (Lipinski definition) is 3. The van der Waals surface area contributed by atoms with Crippen molar-refractivity contribution in [1.82, 2.24) is 15.1 Å². The molecular weight excluding hydrogens is 254 g/mol. The number of carbonyl (C=O) groups excluding carboxylic acids is 2. The molecule has 2 aliphatic heterocycles. The summed E-state index contributed by atoms with van der Waals surface area (Å²) in [4.78, 5) is 27.8. The molecule has 0 bridgehead atoms. The molecule has 0 radical (unpaired) electrons. The van der Waals surface area contributed by atoms with Crippen molar-refractivity contribution in [2.75, 3.05) is 26.7 Å². The third-order valence-electron chi connectivity index (χ3n) is 4.04. The summed E-state index contributed by atoms with van der Waals surface area (Å²) < 4.78 is 0. The second kappa shape index (κ2) is 5.25. The van der Waals surface area contributed by atoms with E-state index in [1.165, 1.54) is 11.1 Å². The SMILES string of the molecule is CN1CCCN(C(=O)c2ccc3c(c2)CNC3)CC1=O. The summed E-state index contributed by atoms with van der Waals surface area (Å²) in [5.74, 6) is -0.0259. The zero-order valence-electron chi connectivity index (χ0n) is 11.7. The fourth-order valence-electron chi connectivity index (χ4n) is 2.77. The molecule has 0 atom stereocenters. The van der Waals surface area contributed by atoms with Crippen LogP contribution in [0.4, 0.5) is 0 Å². The molecule has 3 rings (SSSR count). The van der Waals surface area contributed by atoms with Crippen molar-refractivity contribution in [3.05, 3.63) is 34.9 Å². The summed E-state index contributed by atoms with van der Waals surface area (Å²) in [6.45, 7) is 3.24. The maximum Gasteiger partial charge on any atom is 0.254 e. The predicted molar refractivity (Wildman–Crippen MR) is 75.1 cm³/mol. The molecule has 5 heteroatoms. The number of carbonyl (C=O) groups is 2. The van der Waals surface area contributed by atoms with Crippen molar-refractivity contribution >= 4 is 11.8 Å². The molecule has 1 aromatic carbocycles. The van der Waals surface area contributed by atoms with E-state index in [0.717, 1.165) is 26.1 Å². The molecule has 0 saturated carbocycles. The highest BCUT2D eigenvalue weighted by atomic mass is 16.2. The topological polar surface area (TPSA) is 52.6 Å². The Labute approximate surface area is 118 Å². The number of hydrogen-bond donors (Lipinski definition) is 1. The largest absolute Gasteiger partial charge is 0.344 e. The van der Waals surface area contributed by atoms with E-state index in [2.05, 4.69) is 5.32 Å². The van der Waals surface area contributed by atoms with E-state index in [0.29, 0.717) is 12.1 Å². The first kappa shape index (κ1) is 13.1. The fourth-order valence-corrected chi connectivity index (χ4v) is 2.77. The van der Waals surface area contributed by atoms with Gasteiger partial charge in [-0.1, -0.05) is 6.07 Å². The molecule has 1 saturated heterocycles. The molecule has 5 nitrogen and oxygen atoms in total. The number of likely N-dealkylation sites (N-methyl/N-ethyl adjacent to an activating group) is 1. The molecule has 1 N–H and O–H groups in total. The summed E-state index contributed by atoms with van der Waals surface area (Å²) >= 11 is 0. The number of nitrogens with one attached hydrogen (secondary N) is 1. The molecule has 1 fully saturated rings. The van der Waals surface area contributed by atoms with Crippen LogP contribution in [0.5, 0.6) is 0 Å². The summed E-state index contributed by atoms with van der Waals surface area (Å²) in [6.07, 6.45) is 0.834. The lowest BCUT2D eigenvalue weighted by molar-refractivity contribution is -0.129.